The molecule has 1 amide bonds. The normalized spacial score (nSPS) is 14.2. The highest BCUT2D eigenvalue weighted by Gasteiger charge is 2.50. The van der Waals surface area contributed by atoms with Crippen molar-refractivity contribution in [3.05, 3.63) is 55.1 Å². The lowest BCUT2D eigenvalue weighted by Crippen LogP contribution is -2.36. The number of carbonyl (C=O) groups excluding carboxylic acids is 1. The maximum Gasteiger partial charge on any atom is 0.250 e. The summed E-state index contributed by atoms with van der Waals surface area (Å²) in [6.45, 7) is 0. The first-order valence-corrected chi connectivity index (χ1v) is 8.94. The van der Waals surface area contributed by atoms with Crippen LogP contribution in [0.3, 0.4) is 0 Å². The van der Waals surface area contributed by atoms with Crippen molar-refractivity contribution in [2.75, 3.05) is 24.9 Å². The van der Waals surface area contributed by atoms with Gasteiger partial charge in [0.1, 0.15) is 17.0 Å². The van der Waals surface area contributed by atoms with Crippen molar-refractivity contribution in [2.24, 2.45) is 0 Å². The van der Waals surface area contributed by atoms with Gasteiger partial charge in [-0.25, -0.2) is 4.98 Å². The van der Waals surface area contributed by atoms with Crippen molar-refractivity contribution in [1.29, 1.82) is 0 Å². The number of amides is 1. The summed E-state index contributed by atoms with van der Waals surface area (Å²) in [7, 11) is 3.20. The van der Waals surface area contributed by atoms with Crippen LogP contribution < -0.4 is 20.1 Å². The number of nitrogens with zero attached hydrogens (tertiary/aromatic N) is 1. The summed E-state index contributed by atoms with van der Waals surface area (Å²) in [6, 6.07) is 13.0. The maximum absolute atomic E-state index is 12.9. The fraction of sp³-hybridized carbons (Fsp3) is 0.238. The first-order valence-electron chi connectivity index (χ1n) is 8.94. The van der Waals surface area contributed by atoms with Crippen molar-refractivity contribution < 1.29 is 18.7 Å². The Balaban J connectivity index is 1.50. The van der Waals surface area contributed by atoms with Gasteiger partial charge in [0.15, 0.2) is 12.2 Å². The molecule has 0 aliphatic heterocycles. The summed E-state index contributed by atoms with van der Waals surface area (Å²) in [4.78, 5) is 16.8. The van der Waals surface area contributed by atoms with E-state index in [4.69, 9.17) is 13.9 Å². The van der Waals surface area contributed by atoms with Gasteiger partial charge in [-0.2, -0.15) is 0 Å². The monoisotopic (exact) mass is 379 g/mol. The van der Waals surface area contributed by atoms with Gasteiger partial charge in [-0.3, -0.25) is 4.79 Å². The Morgan fingerprint density at radius 1 is 1.11 bits per heavy atom. The minimum absolute atomic E-state index is 0.0789. The molecule has 0 saturated heterocycles. The zero-order chi connectivity index (χ0) is 19.6. The predicted octanol–water partition coefficient (Wildman–Crippen LogP) is 3.94. The molecule has 2 N–H and O–H groups in total. The summed E-state index contributed by atoms with van der Waals surface area (Å²) in [5.74, 6) is 1.87. The number of oxazole rings is 1. The van der Waals surface area contributed by atoms with Crippen molar-refractivity contribution in [2.45, 2.75) is 18.4 Å². The molecular weight excluding hydrogens is 358 g/mol. The largest absolute Gasteiger partial charge is 0.497 e. The van der Waals surface area contributed by atoms with E-state index in [1.54, 1.807) is 26.5 Å². The van der Waals surface area contributed by atoms with E-state index < -0.39 is 5.54 Å². The highest BCUT2D eigenvalue weighted by atomic mass is 16.5. The number of carbonyl (C=O) groups is 1. The van der Waals surface area contributed by atoms with Crippen molar-refractivity contribution in [3.8, 4) is 22.8 Å². The summed E-state index contributed by atoms with van der Waals surface area (Å²) >= 11 is 0. The maximum atomic E-state index is 12.9. The Kier molecular flexibility index (Phi) is 4.65. The number of nitrogens with one attached hydrogen (secondary N) is 2. The number of methoxy groups -OCH3 is 2. The molecule has 28 heavy (non-hydrogen) atoms. The third-order valence-corrected chi connectivity index (χ3v) is 4.80. The molecule has 2 aromatic carbocycles. The van der Waals surface area contributed by atoms with E-state index in [-0.39, 0.29) is 5.91 Å². The van der Waals surface area contributed by atoms with Gasteiger partial charge < -0.3 is 24.5 Å². The minimum atomic E-state index is -0.608. The van der Waals surface area contributed by atoms with Gasteiger partial charge in [0.05, 0.1) is 26.0 Å². The summed E-state index contributed by atoms with van der Waals surface area (Å²) in [6.07, 6.45) is 4.52. The highest BCUT2D eigenvalue weighted by Crippen LogP contribution is 2.41. The molecule has 1 aliphatic rings. The first kappa shape index (κ1) is 17.9. The van der Waals surface area contributed by atoms with Gasteiger partial charge in [-0.1, -0.05) is 6.07 Å². The number of aromatic nitrogens is 1. The smallest absolute Gasteiger partial charge is 0.250 e. The number of ether oxygens (including phenoxy) is 2. The van der Waals surface area contributed by atoms with Crippen LogP contribution in [0.1, 0.15) is 12.8 Å². The number of benzene rings is 2. The third kappa shape index (κ3) is 3.51. The highest BCUT2D eigenvalue weighted by molar-refractivity contribution is 6.02. The van der Waals surface area contributed by atoms with Gasteiger partial charge in [-0.05, 0) is 37.1 Å². The molecule has 1 aromatic heterocycles. The molecule has 1 fully saturated rings. The lowest BCUT2D eigenvalue weighted by molar-refractivity contribution is -0.117. The van der Waals surface area contributed by atoms with Crippen molar-refractivity contribution >= 4 is 17.3 Å². The average molecular weight is 379 g/mol. The molecule has 0 unspecified atom stereocenters. The predicted molar refractivity (Wildman–Crippen MR) is 106 cm³/mol. The van der Waals surface area contributed by atoms with E-state index >= 15 is 0 Å². The molecule has 4 rings (SSSR count). The Morgan fingerprint density at radius 2 is 1.96 bits per heavy atom. The SMILES string of the molecule is COc1cccc(NC2(C(=O)Nc3ccc(-c4cnco4)c(OC)c3)CC2)c1. The lowest BCUT2D eigenvalue weighted by atomic mass is 10.1. The second-order valence-electron chi connectivity index (χ2n) is 6.67. The Labute approximate surface area is 162 Å². The van der Waals surface area contributed by atoms with Crippen LogP contribution in [0.2, 0.25) is 0 Å². The molecule has 0 radical (unpaired) electrons. The summed E-state index contributed by atoms with van der Waals surface area (Å²) < 4.78 is 16.0. The Morgan fingerprint density at radius 3 is 2.64 bits per heavy atom. The second kappa shape index (κ2) is 7.26. The molecule has 144 valence electrons. The minimum Gasteiger partial charge on any atom is -0.497 e. The standard InChI is InChI=1S/C21H21N3O4/c1-26-16-5-3-4-15(10-16)24-21(8-9-21)20(25)23-14-6-7-17(18(11-14)27-2)19-12-22-13-28-19/h3-7,10-13,24H,8-9H2,1-2H3,(H,23,25). The molecule has 0 atom stereocenters. The Hall–Kier alpha value is -3.48. The molecular formula is C21H21N3O4. The third-order valence-electron chi connectivity index (χ3n) is 4.80. The van der Waals surface area contributed by atoms with Crippen LogP contribution in [-0.4, -0.2) is 30.6 Å². The van der Waals surface area contributed by atoms with Crippen LogP contribution >= 0.6 is 0 Å². The summed E-state index contributed by atoms with van der Waals surface area (Å²) in [5.41, 5.74) is 1.67. The zero-order valence-corrected chi connectivity index (χ0v) is 15.7. The van der Waals surface area contributed by atoms with Gasteiger partial charge in [0.2, 0.25) is 5.91 Å². The number of anilines is 2. The molecule has 1 heterocycles. The van der Waals surface area contributed by atoms with Crippen LogP contribution in [0.4, 0.5) is 11.4 Å². The molecule has 1 saturated carbocycles. The van der Waals surface area contributed by atoms with Crippen molar-refractivity contribution in [3.63, 3.8) is 0 Å². The van der Waals surface area contributed by atoms with E-state index in [9.17, 15) is 4.79 Å². The summed E-state index contributed by atoms with van der Waals surface area (Å²) in [5, 5.41) is 6.32. The van der Waals surface area contributed by atoms with Crippen molar-refractivity contribution in [1.82, 2.24) is 4.98 Å². The van der Waals surface area contributed by atoms with E-state index in [0.29, 0.717) is 17.2 Å². The average Bonchev–Trinajstić information content (AvgIpc) is 3.30. The van der Waals surface area contributed by atoms with Crippen LogP contribution in [0.25, 0.3) is 11.3 Å². The van der Waals surface area contributed by atoms with E-state index in [1.165, 1.54) is 6.39 Å². The van der Waals surface area contributed by atoms with Crippen LogP contribution in [0.5, 0.6) is 11.5 Å². The molecule has 3 aromatic rings. The topological polar surface area (TPSA) is 85.6 Å². The van der Waals surface area contributed by atoms with Crippen LogP contribution in [-0.2, 0) is 4.79 Å². The second-order valence-corrected chi connectivity index (χ2v) is 6.67. The number of hydrogen-bond donors (Lipinski definition) is 2. The van der Waals surface area contributed by atoms with Crippen LogP contribution in [0, 0.1) is 0 Å². The molecule has 1 aliphatic carbocycles. The van der Waals surface area contributed by atoms with E-state index in [1.807, 2.05) is 36.4 Å². The lowest BCUT2D eigenvalue weighted by Gasteiger charge is -2.19. The fourth-order valence-electron chi connectivity index (χ4n) is 3.08. The number of rotatable bonds is 7. The molecule has 7 heteroatoms. The quantitative estimate of drug-likeness (QED) is 0.647. The zero-order valence-electron chi connectivity index (χ0n) is 15.7. The van der Waals surface area contributed by atoms with Gasteiger partial charge in [-0.15, -0.1) is 0 Å². The molecule has 0 spiro atoms. The number of hydrogen-bond acceptors (Lipinski definition) is 6. The Bertz CT molecular complexity index is 981. The molecule has 7 nitrogen and oxygen atoms in total. The van der Waals surface area contributed by atoms with Crippen LogP contribution in [0.15, 0.2) is 59.5 Å². The molecule has 0 bridgehead atoms. The first-order chi connectivity index (χ1) is 13.6. The van der Waals surface area contributed by atoms with E-state index in [2.05, 4.69) is 15.6 Å². The van der Waals surface area contributed by atoms with E-state index in [0.717, 1.165) is 29.8 Å². The van der Waals surface area contributed by atoms with Gasteiger partial charge >= 0.3 is 0 Å². The van der Waals surface area contributed by atoms with Gasteiger partial charge in [0, 0.05) is 23.5 Å². The van der Waals surface area contributed by atoms with Gasteiger partial charge in [0.25, 0.3) is 0 Å². The fourth-order valence-corrected chi connectivity index (χ4v) is 3.08.